The topological polar surface area (TPSA) is 95.9 Å². The highest BCUT2D eigenvalue weighted by atomic mass is 16.5. The van der Waals surface area contributed by atoms with Gasteiger partial charge in [-0.25, -0.2) is 0 Å². The normalized spacial score (nSPS) is 12.8. The Balaban J connectivity index is 3.51. The number of aliphatic hydroxyl groups is 2. The molecule has 63 heavy (non-hydrogen) atoms. The van der Waals surface area contributed by atoms with Crippen LogP contribution in [0, 0.1) is 0 Å². The third-order valence-corrected chi connectivity index (χ3v) is 13.0. The van der Waals surface area contributed by atoms with Gasteiger partial charge in [0, 0.05) is 12.8 Å². The third-order valence-electron chi connectivity index (χ3n) is 13.0. The summed E-state index contributed by atoms with van der Waals surface area (Å²) in [7, 11) is 0. The lowest BCUT2D eigenvalue weighted by molar-refractivity contribution is -0.143. The number of aliphatic hydroxyl groups excluding tert-OH is 2. The first kappa shape index (κ1) is 61.3. The van der Waals surface area contributed by atoms with Crippen molar-refractivity contribution < 1.29 is 24.5 Å². The van der Waals surface area contributed by atoms with Gasteiger partial charge in [-0.2, -0.15) is 0 Å². The number of nitrogens with one attached hydrogen (secondary N) is 1. The summed E-state index contributed by atoms with van der Waals surface area (Å²) in [6.45, 7) is 4.86. The molecule has 3 N–H and O–H groups in total. The molecule has 0 saturated carbocycles. The van der Waals surface area contributed by atoms with Crippen LogP contribution < -0.4 is 5.32 Å². The SMILES string of the molecule is CCCCCCC/C=C\CCCCCCCC(=O)OCCCCCCCCCCCCCC(=O)NC(CO)C(O)/C=C/CCCCCCCCCCCCCCCCCCCCC. The van der Waals surface area contributed by atoms with Crippen molar-refractivity contribution in [2.24, 2.45) is 0 Å². The Labute approximate surface area is 392 Å². The van der Waals surface area contributed by atoms with E-state index in [2.05, 4.69) is 31.3 Å². The number of amides is 1. The fraction of sp³-hybridized carbons (Fsp3) is 0.895. The zero-order chi connectivity index (χ0) is 45.8. The number of carbonyl (C=O) groups is 2. The van der Waals surface area contributed by atoms with E-state index in [1.54, 1.807) is 6.08 Å². The maximum Gasteiger partial charge on any atom is 0.305 e. The molecule has 0 aliphatic heterocycles. The highest BCUT2D eigenvalue weighted by Gasteiger charge is 2.18. The van der Waals surface area contributed by atoms with E-state index in [0.29, 0.717) is 19.4 Å². The average Bonchev–Trinajstić information content (AvgIpc) is 3.28. The van der Waals surface area contributed by atoms with Crippen LogP contribution in [-0.2, 0) is 14.3 Å². The molecule has 1 amide bonds. The number of ether oxygens (including phenoxy) is 1. The molecule has 6 nitrogen and oxygen atoms in total. The van der Waals surface area contributed by atoms with Crippen LogP contribution in [0.4, 0.5) is 0 Å². The standard InChI is InChI=1S/C57H109NO5/c1-3-5-7-9-11-13-15-17-19-20-21-22-23-24-25-26-29-33-37-41-45-49-55(60)54(53-59)58-56(61)50-46-42-38-34-30-28-32-36-40-44-48-52-63-57(62)51-47-43-39-35-31-27-18-16-14-12-10-8-6-4-2/h16,18,45,49,54-55,59-60H,3-15,17,19-44,46-48,50-53H2,1-2H3,(H,58,61)/b18-16-,49-45+. The van der Waals surface area contributed by atoms with Crippen LogP contribution in [0.2, 0.25) is 0 Å². The van der Waals surface area contributed by atoms with Crippen molar-refractivity contribution in [3.63, 3.8) is 0 Å². The highest BCUT2D eigenvalue weighted by Crippen LogP contribution is 2.17. The van der Waals surface area contributed by atoms with Crippen LogP contribution in [0.25, 0.3) is 0 Å². The number of allylic oxidation sites excluding steroid dienone is 3. The van der Waals surface area contributed by atoms with Gasteiger partial charge in [0.05, 0.1) is 25.4 Å². The molecular weight excluding hydrogens is 779 g/mol. The number of hydrogen-bond acceptors (Lipinski definition) is 5. The summed E-state index contributed by atoms with van der Waals surface area (Å²) < 4.78 is 5.45. The van der Waals surface area contributed by atoms with Gasteiger partial charge in [0.1, 0.15) is 0 Å². The van der Waals surface area contributed by atoms with Gasteiger partial charge >= 0.3 is 5.97 Å². The smallest absolute Gasteiger partial charge is 0.305 e. The molecule has 2 atom stereocenters. The van der Waals surface area contributed by atoms with Gasteiger partial charge < -0.3 is 20.3 Å². The van der Waals surface area contributed by atoms with Crippen molar-refractivity contribution in [3.8, 4) is 0 Å². The van der Waals surface area contributed by atoms with Gasteiger partial charge in [-0.05, 0) is 57.8 Å². The van der Waals surface area contributed by atoms with Crippen LogP contribution in [0.5, 0.6) is 0 Å². The van der Waals surface area contributed by atoms with Crippen LogP contribution in [0.1, 0.15) is 303 Å². The number of unbranched alkanes of at least 4 members (excludes halogenated alkanes) is 39. The molecule has 0 aromatic rings. The summed E-state index contributed by atoms with van der Waals surface area (Å²) in [5, 5.41) is 23.1. The zero-order valence-corrected chi connectivity index (χ0v) is 42.3. The van der Waals surface area contributed by atoms with E-state index in [-0.39, 0.29) is 18.5 Å². The Morgan fingerprint density at radius 1 is 0.429 bits per heavy atom. The van der Waals surface area contributed by atoms with Crippen LogP contribution >= 0.6 is 0 Å². The molecule has 6 heteroatoms. The lowest BCUT2D eigenvalue weighted by Crippen LogP contribution is -2.45. The van der Waals surface area contributed by atoms with E-state index in [0.717, 1.165) is 57.8 Å². The second-order valence-corrected chi connectivity index (χ2v) is 19.3. The first-order chi connectivity index (χ1) is 31.0. The summed E-state index contributed by atoms with van der Waals surface area (Å²) in [6, 6.07) is -0.643. The number of esters is 1. The van der Waals surface area contributed by atoms with E-state index in [1.807, 2.05) is 6.08 Å². The summed E-state index contributed by atoms with van der Waals surface area (Å²) in [6.07, 6.45) is 63.3. The zero-order valence-electron chi connectivity index (χ0n) is 42.3. The lowest BCUT2D eigenvalue weighted by atomic mass is 10.0. The van der Waals surface area contributed by atoms with Crippen LogP contribution in [0.3, 0.4) is 0 Å². The first-order valence-electron chi connectivity index (χ1n) is 28.1. The van der Waals surface area contributed by atoms with Gasteiger partial charge in [-0.1, -0.05) is 256 Å². The molecule has 0 heterocycles. The third kappa shape index (κ3) is 49.6. The fourth-order valence-corrected chi connectivity index (χ4v) is 8.63. The van der Waals surface area contributed by atoms with Crippen molar-refractivity contribution in [2.75, 3.05) is 13.2 Å². The second kappa shape index (κ2) is 53.0. The van der Waals surface area contributed by atoms with Gasteiger partial charge in [-0.15, -0.1) is 0 Å². The summed E-state index contributed by atoms with van der Waals surface area (Å²) in [4.78, 5) is 24.5. The predicted molar refractivity (Wildman–Crippen MR) is 273 cm³/mol. The molecule has 0 aromatic carbocycles. The minimum atomic E-state index is -0.857. The second-order valence-electron chi connectivity index (χ2n) is 19.3. The molecule has 0 radical (unpaired) electrons. The molecule has 0 saturated heterocycles. The van der Waals surface area contributed by atoms with Crippen LogP contribution in [-0.4, -0.2) is 47.4 Å². The van der Waals surface area contributed by atoms with Crippen molar-refractivity contribution in [1.29, 1.82) is 0 Å². The molecule has 0 fully saturated rings. The van der Waals surface area contributed by atoms with Gasteiger partial charge in [-0.3, -0.25) is 9.59 Å². The summed E-state index contributed by atoms with van der Waals surface area (Å²) >= 11 is 0. The van der Waals surface area contributed by atoms with Crippen molar-refractivity contribution in [2.45, 2.75) is 315 Å². The molecule has 0 aliphatic rings. The van der Waals surface area contributed by atoms with E-state index in [1.165, 1.54) is 218 Å². The molecular formula is C57H109NO5. The van der Waals surface area contributed by atoms with Gasteiger partial charge in [0.15, 0.2) is 0 Å². The molecule has 372 valence electrons. The van der Waals surface area contributed by atoms with E-state index in [4.69, 9.17) is 4.74 Å². The Bertz CT molecular complexity index is 982. The molecule has 0 bridgehead atoms. The Hall–Kier alpha value is -1.66. The Kier molecular flexibility index (Phi) is 51.6. The van der Waals surface area contributed by atoms with Crippen molar-refractivity contribution in [1.82, 2.24) is 5.32 Å². The molecule has 2 unspecified atom stereocenters. The van der Waals surface area contributed by atoms with E-state index in [9.17, 15) is 19.8 Å². The monoisotopic (exact) mass is 888 g/mol. The number of rotatable bonds is 52. The van der Waals surface area contributed by atoms with Crippen molar-refractivity contribution in [3.05, 3.63) is 24.3 Å². The molecule has 0 spiro atoms. The quantitative estimate of drug-likeness (QED) is 0.0321. The van der Waals surface area contributed by atoms with Crippen LogP contribution in [0.15, 0.2) is 24.3 Å². The van der Waals surface area contributed by atoms with Gasteiger partial charge in [0.25, 0.3) is 0 Å². The Morgan fingerprint density at radius 3 is 1.13 bits per heavy atom. The summed E-state index contributed by atoms with van der Waals surface area (Å²) in [5.74, 6) is -0.108. The number of hydrogen-bond donors (Lipinski definition) is 3. The lowest BCUT2D eigenvalue weighted by Gasteiger charge is -2.20. The summed E-state index contributed by atoms with van der Waals surface area (Å²) in [5.41, 5.74) is 0. The number of carbonyl (C=O) groups excluding carboxylic acids is 2. The maximum absolute atomic E-state index is 12.5. The highest BCUT2D eigenvalue weighted by molar-refractivity contribution is 5.76. The molecule has 0 aliphatic carbocycles. The van der Waals surface area contributed by atoms with E-state index >= 15 is 0 Å². The predicted octanol–water partition coefficient (Wildman–Crippen LogP) is 17.1. The minimum Gasteiger partial charge on any atom is -0.466 e. The molecule has 0 rings (SSSR count). The maximum atomic E-state index is 12.5. The largest absolute Gasteiger partial charge is 0.466 e. The fourth-order valence-electron chi connectivity index (χ4n) is 8.63. The van der Waals surface area contributed by atoms with Crippen molar-refractivity contribution >= 4 is 11.9 Å². The average molecular weight is 889 g/mol. The van der Waals surface area contributed by atoms with E-state index < -0.39 is 12.1 Å². The Morgan fingerprint density at radius 2 is 0.746 bits per heavy atom. The van der Waals surface area contributed by atoms with Gasteiger partial charge in [0.2, 0.25) is 5.91 Å². The minimum absolute atomic E-state index is 0.0235. The molecule has 0 aromatic heterocycles. The first-order valence-corrected chi connectivity index (χ1v) is 28.1.